The van der Waals surface area contributed by atoms with Gasteiger partial charge in [0.05, 0.1) is 0 Å². The van der Waals surface area contributed by atoms with Crippen LogP contribution in [0.3, 0.4) is 0 Å². The minimum absolute atomic E-state index is 0.774. The third kappa shape index (κ3) is 6.89. The van der Waals surface area contributed by atoms with Crippen LogP contribution in [0.25, 0.3) is 0 Å². The van der Waals surface area contributed by atoms with Crippen LogP contribution in [0, 0.1) is 0 Å². The fourth-order valence-corrected chi connectivity index (χ4v) is 2.84. The summed E-state index contributed by atoms with van der Waals surface area (Å²) in [6, 6.07) is 19.3. The van der Waals surface area contributed by atoms with Gasteiger partial charge in [0.15, 0.2) is 5.96 Å². The summed E-state index contributed by atoms with van der Waals surface area (Å²) in [5.74, 6) is 0.841. The molecular weight excluding hydrogens is 320 g/mol. The largest absolute Gasteiger partial charge is 0.356 e. The van der Waals surface area contributed by atoms with Gasteiger partial charge >= 0.3 is 0 Å². The first-order valence-electron chi connectivity index (χ1n) is 9.53. The molecule has 2 aromatic rings. The molecule has 0 saturated heterocycles. The smallest absolute Gasteiger partial charge is 0.191 e. The lowest BCUT2D eigenvalue weighted by Gasteiger charge is -2.18. The van der Waals surface area contributed by atoms with Crippen molar-refractivity contribution < 1.29 is 0 Å². The monoisotopic (exact) mass is 352 g/mol. The number of nitrogens with zero attached hydrogens (tertiary/aromatic N) is 2. The number of hydrogen-bond donors (Lipinski definition) is 2. The summed E-state index contributed by atoms with van der Waals surface area (Å²) in [6.45, 7) is 9.25. The third-order valence-corrected chi connectivity index (χ3v) is 4.56. The number of hydrogen-bond acceptors (Lipinski definition) is 2. The Labute approximate surface area is 158 Å². The van der Waals surface area contributed by atoms with E-state index in [2.05, 4.69) is 82.9 Å². The minimum atomic E-state index is 0.774. The Kier molecular flexibility index (Phi) is 8.70. The van der Waals surface area contributed by atoms with E-state index in [1.807, 2.05) is 13.1 Å². The molecule has 4 heteroatoms. The van der Waals surface area contributed by atoms with Gasteiger partial charge in [0, 0.05) is 26.7 Å². The van der Waals surface area contributed by atoms with Crippen LogP contribution in [0.5, 0.6) is 0 Å². The van der Waals surface area contributed by atoms with Gasteiger partial charge in [-0.15, -0.1) is 0 Å². The van der Waals surface area contributed by atoms with Gasteiger partial charge in [-0.3, -0.25) is 9.89 Å². The SMILES string of the molecule is CCN(CC)Cc1ccc(CNC(=NC)NCCc2ccccc2)cc1. The average Bonchev–Trinajstić information content (AvgIpc) is 2.70. The molecule has 0 saturated carbocycles. The Morgan fingerprint density at radius 1 is 0.846 bits per heavy atom. The van der Waals surface area contributed by atoms with Crippen LogP contribution < -0.4 is 10.6 Å². The Bertz CT molecular complexity index is 646. The van der Waals surface area contributed by atoms with Crippen LogP contribution in [0.4, 0.5) is 0 Å². The van der Waals surface area contributed by atoms with E-state index < -0.39 is 0 Å². The van der Waals surface area contributed by atoms with Gasteiger partial charge in [-0.2, -0.15) is 0 Å². The molecule has 0 aliphatic carbocycles. The van der Waals surface area contributed by atoms with E-state index in [0.717, 1.165) is 45.1 Å². The molecule has 2 rings (SSSR count). The van der Waals surface area contributed by atoms with E-state index in [9.17, 15) is 0 Å². The van der Waals surface area contributed by atoms with Crippen molar-refractivity contribution in [2.75, 3.05) is 26.7 Å². The molecule has 0 spiro atoms. The standard InChI is InChI=1S/C22H32N4/c1-4-26(5-2)18-21-13-11-20(12-14-21)17-25-22(23-3)24-16-15-19-9-7-6-8-10-19/h6-14H,4-5,15-18H2,1-3H3,(H2,23,24,25). The summed E-state index contributed by atoms with van der Waals surface area (Å²) in [4.78, 5) is 6.72. The zero-order valence-corrected chi connectivity index (χ0v) is 16.3. The lowest BCUT2D eigenvalue weighted by molar-refractivity contribution is 0.296. The molecule has 0 unspecified atom stereocenters. The molecule has 0 heterocycles. The Morgan fingerprint density at radius 3 is 2.12 bits per heavy atom. The van der Waals surface area contributed by atoms with Crippen molar-refractivity contribution in [2.24, 2.45) is 4.99 Å². The third-order valence-electron chi connectivity index (χ3n) is 4.56. The summed E-state index contributed by atoms with van der Waals surface area (Å²) in [5.41, 5.74) is 3.96. The zero-order valence-electron chi connectivity index (χ0n) is 16.3. The molecule has 2 aromatic carbocycles. The van der Waals surface area contributed by atoms with E-state index in [0.29, 0.717) is 0 Å². The fraction of sp³-hybridized carbons (Fsp3) is 0.409. The molecule has 0 fully saturated rings. The second-order valence-electron chi connectivity index (χ2n) is 6.37. The number of rotatable bonds is 9. The van der Waals surface area contributed by atoms with E-state index in [1.165, 1.54) is 16.7 Å². The molecule has 0 amide bonds. The molecule has 0 aliphatic heterocycles. The zero-order chi connectivity index (χ0) is 18.6. The van der Waals surface area contributed by atoms with E-state index in [4.69, 9.17) is 0 Å². The van der Waals surface area contributed by atoms with Crippen molar-refractivity contribution in [2.45, 2.75) is 33.4 Å². The van der Waals surface area contributed by atoms with Crippen LogP contribution in [-0.2, 0) is 19.5 Å². The predicted octanol–water partition coefficient (Wildman–Crippen LogP) is 3.44. The van der Waals surface area contributed by atoms with Gasteiger partial charge in [0.2, 0.25) is 0 Å². The summed E-state index contributed by atoms with van der Waals surface area (Å²) >= 11 is 0. The van der Waals surface area contributed by atoms with Crippen LogP contribution in [-0.4, -0.2) is 37.5 Å². The van der Waals surface area contributed by atoms with Gasteiger partial charge in [0.1, 0.15) is 0 Å². The second-order valence-corrected chi connectivity index (χ2v) is 6.37. The normalized spacial score (nSPS) is 11.6. The van der Waals surface area contributed by atoms with Gasteiger partial charge in [0.25, 0.3) is 0 Å². The fourth-order valence-electron chi connectivity index (χ4n) is 2.84. The first-order valence-corrected chi connectivity index (χ1v) is 9.53. The van der Waals surface area contributed by atoms with Crippen molar-refractivity contribution in [3.05, 3.63) is 71.3 Å². The molecule has 0 atom stereocenters. The predicted molar refractivity (Wildman–Crippen MR) is 111 cm³/mol. The maximum absolute atomic E-state index is 4.30. The molecule has 0 radical (unpaired) electrons. The molecule has 26 heavy (non-hydrogen) atoms. The molecule has 140 valence electrons. The number of guanidine groups is 1. The van der Waals surface area contributed by atoms with Crippen molar-refractivity contribution >= 4 is 5.96 Å². The van der Waals surface area contributed by atoms with E-state index >= 15 is 0 Å². The summed E-state index contributed by atoms with van der Waals surface area (Å²) < 4.78 is 0. The van der Waals surface area contributed by atoms with Crippen molar-refractivity contribution in [3.8, 4) is 0 Å². The molecule has 0 aromatic heterocycles. The Hall–Kier alpha value is -2.33. The highest BCUT2D eigenvalue weighted by Gasteiger charge is 2.02. The van der Waals surface area contributed by atoms with Gasteiger partial charge in [-0.05, 0) is 36.2 Å². The number of benzene rings is 2. The second kappa shape index (κ2) is 11.3. The number of nitrogens with one attached hydrogen (secondary N) is 2. The van der Waals surface area contributed by atoms with Crippen molar-refractivity contribution in [1.29, 1.82) is 0 Å². The Balaban J connectivity index is 1.75. The maximum Gasteiger partial charge on any atom is 0.191 e. The number of aliphatic imine (C=N–C) groups is 1. The highest BCUT2D eigenvalue weighted by molar-refractivity contribution is 5.79. The maximum atomic E-state index is 4.30. The Morgan fingerprint density at radius 2 is 1.50 bits per heavy atom. The average molecular weight is 353 g/mol. The molecule has 0 aliphatic rings. The van der Waals surface area contributed by atoms with Gasteiger partial charge < -0.3 is 10.6 Å². The van der Waals surface area contributed by atoms with Gasteiger partial charge in [-0.25, -0.2) is 0 Å². The quantitative estimate of drug-likeness (QED) is 0.536. The lowest BCUT2D eigenvalue weighted by atomic mass is 10.1. The molecule has 4 nitrogen and oxygen atoms in total. The summed E-state index contributed by atoms with van der Waals surface area (Å²) in [5, 5.41) is 6.76. The van der Waals surface area contributed by atoms with E-state index in [1.54, 1.807) is 0 Å². The van der Waals surface area contributed by atoms with Crippen LogP contribution in [0.2, 0.25) is 0 Å². The van der Waals surface area contributed by atoms with Crippen LogP contribution in [0.1, 0.15) is 30.5 Å². The lowest BCUT2D eigenvalue weighted by Crippen LogP contribution is -2.37. The minimum Gasteiger partial charge on any atom is -0.356 e. The highest BCUT2D eigenvalue weighted by atomic mass is 15.2. The summed E-state index contributed by atoms with van der Waals surface area (Å²) in [6.07, 6.45) is 0.988. The first-order chi connectivity index (χ1) is 12.7. The van der Waals surface area contributed by atoms with Gasteiger partial charge in [-0.1, -0.05) is 68.4 Å². The van der Waals surface area contributed by atoms with Crippen LogP contribution >= 0.6 is 0 Å². The first kappa shape index (κ1) is 20.0. The van der Waals surface area contributed by atoms with Crippen molar-refractivity contribution in [3.63, 3.8) is 0 Å². The molecule has 0 bridgehead atoms. The molecule has 2 N–H and O–H groups in total. The topological polar surface area (TPSA) is 39.7 Å². The highest BCUT2D eigenvalue weighted by Crippen LogP contribution is 2.07. The van der Waals surface area contributed by atoms with Crippen molar-refractivity contribution in [1.82, 2.24) is 15.5 Å². The molecular formula is C22H32N4. The summed E-state index contributed by atoms with van der Waals surface area (Å²) in [7, 11) is 1.81. The van der Waals surface area contributed by atoms with Crippen LogP contribution in [0.15, 0.2) is 59.6 Å². The van der Waals surface area contributed by atoms with E-state index in [-0.39, 0.29) is 0 Å².